The molecule has 2 heterocycles. The number of hydrogen-bond acceptors (Lipinski definition) is 4. The highest BCUT2D eigenvalue weighted by atomic mass is 35.5. The minimum Gasteiger partial charge on any atom is -0.268 e. The zero-order chi connectivity index (χ0) is 25.8. The molecule has 2 aromatic heterocycles. The first-order valence-electron chi connectivity index (χ1n) is 10.2. The topological polar surface area (TPSA) is 37.4 Å². The Morgan fingerprint density at radius 1 is 0.778 bits per heavy atom. The van der Waals surface area contributed by atoms with Crippen LogP contribution in [-0.4, -0.2) is 11.8 Å². The van der Waals surface area contributed by atoms with Crippen LogP contribution in [0.4, 0.5) is 18.9 Å². The smallest absolute Gasteiger partial charge is 0.268 e. The largest absolute Gasteiger partial charge is 0.416 e. The van der Waals surface area contributed by atoms with Gasteiger partial charge in [0.05, 0.1) is 26.9 Å². The number of imide groups is 1. The molecule has 0 saturated heterocycles. The maximum absolute atomic E-state index is 13.9. The number of alkyl halides is 3. The van der Waals surface area contributed by atoms with E-state index in [-0.39, 0.29) is 24.8 Å². The van der Waals surface area contributed by atoms with Crippen molar-refractivity contribution in [1.29, 1.82) is 0 Å². The van der Waals surface area contributed by atoms with Gasteiger partial charge in [-0.15, -0.1) is 22.7 Å². The van der Waals surface area contributed by atoms with Gasteiger partial charge < -0.3 is 0 Å². The molecule has 0 aliphatic heterocycles. The lowest BCUT2D eigenvalue weighted by atomic mass is 10.1. The van der Waals surface area contributed by atoms with Crippen LogP contribution in [-0.2, 0) is 6.18 Å². The summed E-state index contributed by atoms with van der Waals surface area (Å²) in [6.45, 7) is 0. The van der Waals surface area contributed by atoms with Crippen LogP contribution in [0.3, 0.4) is 0 Å². The van der Waals surface area contributed by atoms with Gasteiger partial charge in [-0.2, -0.15) is 13.2 Å². The standard InChI is InChI=1S/C25H11Cl3F3NO2S2/c26-15-10-9-12(25(29,30)31)11-16(15)32(23(33)19-13-5-1-3-7-17(13)36-22(19)28)24(34)21-20(27)14-6-2-4-8-18(14)35-21/h1-11H. The first kappa shape index (κ1) is 25.0. The Balaban J connectivity index is 1.75. The monoisotopic (exact) mass is 583 g/mol. The SMILES string of the molecule is O=C(c1sc2ccccc2c1Cl)N(C(=O)c1c(Cl)sc2ccccc12)c1cc(C(F)(F)F)ccc1Cl. The van der Waals surface area contributed by atoms with Gasteiger partial charge in [-0.1, -0.05) is 71.2 Å². The van der Waals surface area contributed by atoms with Crippen molar-refractivity contribution in [1.82, 2.24) is 0 Å². The van der Waals surface area contributed by atoms with Gasteiger partial charge in [-0.05, 0) is 30.3 Å². The molecule has 36 heavy (non-hydrogen) atoms. The first-order chi connectivity index (χ1) is 17.1. The Bertz CT molecular complexity index is 1680. The second kappa shape index (κ2) is 9.36. The van der Waals surface area contributed by atoms with Crippen molar-refractivity contribution in [2.45, 2.75) is 6.18 Å². The van der Waals surface area contributed by atoms with E-state index in [1.807, 2.05) is 0 Å². The van der Waals surface area contributed by atoms with Crippen molar-refractivity contribution in [2.75, 3.05) is 4.90 Å². The van der Waals surface area contributed by atoms with E-state index in [0.717, 1.165) is 34.8 Å². The summed E-state index contributed by atoms with van der Waals surface area (Å²) in [6, 6.07) is 16.2. The minimum absolute atomic E-state index is 0.0173. The lowest BCUT2D eigenvalue weighted by Gasteiger charge is -2.23. The van der Waals surface area contributed by atoms with Crippen LogP contribution < -0.4 is 4.90 Å². The third-order valence-corrected chi connectivity index (χ3v) is 8.78. The molecular formula is C25H11Cl3F3NO2S2. The molecule has 0 bridgehead atoms. The predicted molar refractivity (Wildman–Crippen MR) is 141 cm³/mol. The molecule has 11 heteroatoms. The van der Waals surface area contributed by atoms with E-state index in [1.54, 1.807) is 48.5 Å². The third-order valence-electron chi connectivity index (χ3n) is 5.42. The molecule has 0 unspecified atom stereocenters. The Kier molecular flexibility index (Phi) is 6.51. The number of carbonyl (C=O) groups excluding carboxylic acids is 2. The molecule has 0 radical (unpaired) electrons. The van der Waals surface area contributed by atoms with Crippen LogP contribution in [0, 0.1) is 0 Å². The highest BCUT2D eigenvalue weighted by Crippen LogP contribution is 2.42. The molecule has 3 nitrogen and oxygen atoms in total. The van der Waals surface area contributed by atoms with Crippen LogP contribution in [0.15, 0.2) is 66.7 Å². The fourth-order valence-electron chi connectivity index (χ4n) is 3.75. The average molecular weight is 585 g/mol. The minimum atomic E-state index is -4.74. The molecule has 0 aliphatic rings. The zero-order valence-corrected chi connectivity index (χ0v) is 21.6. The number of carbonyl (C=O) groups is 2. The normalized spacial score (nSPS) is 11.8. The Morgan fingerprint density at radius 3 is 2.03 bits per heavy atom. The summed E-state index contributed by atoms with van der Waals surface area (Å²) in [4.78, 5) is 28.4. The van der Waals surface area contributed by atoms with E-state index in [0.29, 0.717) is 31.1 Å². The fourth-order valence-corrected chi connectivity index (χ4v) is 6.75. The van der Waals surface area contributed by atoms with Crippen LogP contribution >= 0.6 is 57.5 Å². The number of amides is 2. The van der Waals surface area contributed by atoms with E-state index in [9.17, 15) is 22.8 Å². The number of fused-ring (bicyclic) bond motifs is 2. The number of anilines is 1. The molecule has 0 atom stereocenters. The van der Waals surface area contributed by atoms with Gasteiger partial charge in [0.15, 0.2) is 0 Å². The molecule has 0 N–H and O–H groups in total. The van der Waals surface area contributed by atoms with Gasteiger partial charge in [-0.3, -0.25) is 9.59 Å². The van der Waals surface area contributed by atoms with E-state index in [1.165, 1.54) is 0 Å². The van der Waals surface area contributed by atoms with Gasteiger partial charge in [0.25, 0.3) is 11.8 Å². The van der Waals surface area contributed by atoms with Gasteiger partial charge in [0.2, 0.25) is 0 Å². The second-order valence-corrected chi connectivity index (χ2v) is 11.1. The quantitative estimate of drug-likeness (QED) is 0.198. The molecule has 0 saturated carbocycles. The number of hydrogen-bond donors (Lipinski definition) is 0. The average Bonchev–Trinajstić information content (AvgIpc) is 3.35. The van der Waals surface area contributed by atoms with Crippen LogP contribution in [0.5, 0.6) is 0 Å². The summed E-state index contributed by atoms with van der Waals surface area (Å²) in [5.74, 6) is -1.84. The summed E-state index contributed by atoms with van der Waals surface area (Å²) in [5, 5.41) is 0.898. The highest BCUT2D eigenvalue weighted by Gasteiger charge is 2.36. The summed E-state index contributed by atoms with van der Waals surface area (Å²) in [6.07, 6.45) is -4.74. The van der Waals surface area contributed by atoms with Crippen LogP contribution in [0.1, 0.15) is 25.6 Å². The van der Waals surface area contributed by atoms with E-state index in [2.05, 4.69) is 0 Å². The third kappa shape index (κ3) is 4.27. The number of rotatable bonds is 3. The molecule has 3 aromatic carbocycles. The Morgan fingerprint density at radius 2 is 1.39 bits per heavy atom. The van der Waals surface area contributed by atoms with Crippen LogP contribution in [0.2, 0.25) is 14.4 Å². The van der Waals surface area contributed by atoms with Gasteiger partial charge in [0, 0.05) is 20.2 Å². The van der Waals surface area contributed by atoms with Crippen molar-refractivity contribution in [3.05, 3.63) is 97.1 Å². The van der Waals surface area contributed by atoms with Crippen molar-refractivity contribution < 1.29 is 22.8 Å². The van der Waals surface area contributed by atoms with Gasteiger partial charge in [0.1, 0.15) is 9.21 Å². The number of benzene rings is 3. The van der Waals surface area contributed by atoms with E-state index in [4.69, 9.17) is 34.8 Å². The van der Waals surface area contributed by atoms with Crippen LogP contribution in [0.25, 0.3) is 20.2 Å². The number of thiophene rings is 2. The lowest BCUT2D eigenvalue weighted by molar-refractivity contribution is -0.137. The van der Waals surface area contributed by atoms with Crippen molar-refractivity contribution in [3.8, 4) is 0 Å². The van der Waals surface area contributed by atoms with Crippen molar-refractivity contribution >= 4 is 95.2 Å². The van der Waals surface area contributed by atoms with Crippen molar-refractivity contribution in [2.24, 2.45) is 0 Å². The molecular weight excluding hydrogens is 574 g/mol. The van der Waals surface area contributed by atoms with E-state index >= 15 is 0 Å². The van der Waals surface area contributed by atoms with Gasteiger partial charge in [-0.25, -0.2) is 4.90 Å². The predicted octanol–water partition coefficient (Wildman–Crippen LogP) is 9.58. The van der Waals surface area contributed by atoms with Gasteiger partial charge >= 0.3 is 6.18 Å². The van der Waals surface area contributed by atoms with Crippen molar-refractivity contribution in [3.63, 3.8) is 0 Å². The van der Waals surface area contributed by atoms with E-state index < -0.39 is 29.2 Å². The second-order valence-electron chi connectivity index (χ2n) is 7.60. The summed E-state index contributed by atoms with van der Waals surface area (Å²) in [5.41, 5.74) is -1.52. The lowest BCUT2D eigenvalue weighted by Crippen LogP contribution is -2.37. The summed E-state index contributed by atoms with van der Waals surface area (Å²) in [7, 11) is 0. The summed E-state index contributed by atoms with van der Waals surface area (Å²) < 4.78 is 42.1. The maximum Gasteiger partial charge on any atom is 0.416 e. The molecule has 0 aliphatic carbocycles. The molecule has 5 aromatic rings. The fraction of sp³-hybridized carbons (Fsp3) is 0.0400. The molecule has 182 valence electrons. The number of halogens is 6. The Hall–Kier alpha value is -2.62. The molecule has 5 rings (SSSR count). The molecule has 0 spiro atoms. The first-order valence-corrected chi connectivity index (χ1v) is 12.9. The maximum atomic E-state index is 13.9. The molecule has 0 fully saturated rings. The number of nitrogens with zero attached hydrogens (tertiary/aromatic N) is 1. The highest BCUT2D eigenvalue weighted by molar-refractivity contribution is 7.23. The Labute approximate surface area is 225 Å². The summed E-state index contributed by atoms with van der Waals surface area (Å²) >= 11 is 21.3. The molecule has 2 amide bonds. The zero-order valence-electron chi connectivity index (χ0n) is 17.7.